The monoisotopic (exact) mass is 760 g/mol. The Bertz CT molecular complexity index is 3180. The smallest absolute Gasteiger partial charge is 0.123 e. The summed E-state index contributed by atoms with van der Waals surface area (Å²) in [7, 11) is 0. The maximum absolute atomic E-state index is 14.7. The van der Waals surface area contributed by atoms with Gasteiger partial charge < -0.3 is 9.13 Å². The Morgan fingerprint density at radius 2 is 0.638 bits per heavy atom. The van der Waals surface area contributed by atoms with Crippen LogP contribution < -0.4 is 0 Å². The van der Waals surface area contributed by atoms with Gasteiger partial charge >= 0.3 is 0 Å². The summed E-state index contributed by atoms with van der Waals surface area (Å²) < 4.78 is 63.0. The molecule has 0 aliphatic heterocycles. The van der Waals surface area contributed by atoms with E-state index in [0.717, 1.165) is 88.4 Å². The van der Waals surface area contributed by atoms with E-state index in [0.29, 0.717) is 21.5 Å². The van der Waals surface area contributed by atoms with Crippen LogP contribution in [0.15, 0.2) is 158 Å². The van der Waals surface area contributed by atoms with Gasteiger partial charge in [0.1, 0.15) is 23.3 Å². The second-order valence-electron chi connectivity index (χ2n) is 15.2. The molecule has 2 nitrogen and oxygen atoms in total. The van der Waals surface area contributed by atoms with Crippen LogP contribution in [0.25, 0.3) is 98.8 Å². The van der Waals surface area contributed by atoms with E-state index in [1.54, 1.807) is 24.3 Å². The van der Waals surface area contributed by atoms with Gasteiger partial charge in [-0.05, 0) is 166 Å². The van der Waals surface area contributed by atoms with E-state index in [1.807, 2.05) is 12.1 Å². The Morgan fingerprint density at radius 1 is 0.310 bits per heavy atom. The molecule has 2 heterocycles. The SMILES string of the molecule is Cc1ccccc1-c1c2ccc(-n3c4ccc(F)cc4c4cc(F)ccc43)cc2c(-c2ccccc2C)c2ccc(-n3c4ccc(F)cc4c4cc(F)ccc43)cc12. The lowest BCUT2D eigenvalue weighted by atomic mass is 9.83. The fourth-order valence-electron chi connectivity index (χ4n) is 9.26. The van der Waals surface area contributed by atoms with Crippen molar-refractivity contribution in [3.05, 3.63) is 192 Å². The topological polar surface area (TPSA) is 9.86 Å². The van der Waals surface area contributed by atoms with Gasteiger partial charge in [-0.2, -0.15) is 0 Å². The lowest BCUT2D eigenvalue weighted by Crippen LogP contribution is -1.99. The largest absolute Gasteiger partial charge is 0.309 e. The van der Waals surface area contributed by atoms with Crippen LogP contribution in [-0.2, 0) is 0 Å². The summed E-state index contributed by atoms with van der Waals surface area (Å²) >= 11 is 0. The number of hydrogen-bond acceptors (Lipinski definition) is 0. The predicted octanol–water partition coefficient (Wildman–Crippen LogP) is 14.7. The van der Waals surface area contributed by atoms with E-state index >= 15 is 0 Å². The van der Waals surface area contributed by atoms with Gasteiger partial charge in [0.15, 0.2) is 0 Å². The minimum atomic E-state index is -0.384. The van der Waals surface area contributed by atoms with Crippen LogP contribution >= 0.6 is 0 Å². The van der Waals surface area contributed by atoms with E-state index in [2.05, 4.69) is 95.8 Å². The zero-order valence-electron chi connectivity index (χ0n) is 31.4. The number of halogens is 4. The van der Waals surface area contributed by atoms with Crippen molar-refractivity contribution in [1.29, 1.82) is 0 Å². The van der Waals surface area contributed by atoms with Crippen molar-refractivity contribution in [1.82, 2.24) is 9.13 Å². The second-order valence-corrected chi connectivity index (χ2v) is 15.2. The molecule has 0 unspecified atom stereocenters. The average Bonchev–Trinajstić information content (AvgIpc) is 3.71. The number of hydrogen-bond donors (Lipinski definition) is 0. The van der Waals surface area contributed by atoms with E-state index < -0.39 is 0 Å². The van der Waals surface area contributed by atoms with Gasteiger partial charge in [0, 0.05) is 32.9 Å². The molecule has 9 aromatic carbocycles. The van der Waals surface area contributed by atoms with Crippen LogP contribution in [0.3, 0.4) is 0 Å². The first kappa shape index (κ1) is 34.1. The van der Waals surface area contributed by atoms with Gasteiger partial charge in [0.05, 0.1) is 22.1 Å². The molecular weight excluding hydrogens is 729 g/mol. The molecule has 0 bridgehead atoms. The Morgan fingerprint density at radius 3 is 0.966 bits per heavy atom. The number of nitrogens with zero attached hydrogens (tertiary/aromatic N) is 2. The molecule has 0 fully saturated rings. The third kappa shape index (κ3) is 5.04. The quantitative estimate of drug-likeness (QED) is 0.125. The number of aromatic nitrogens is 2. The van der Waals surface area contributed by atoms with Gasteiger partial charge in [-0.15, -0.1) is 0 Å². The molecule has 2 aromatic heterocycles. The molecule has 0 aliphatic carbocycles. The summed E-state index contributed by atoms with van der Waals surface area (Å²) in [6.07, 6.45) is 0. The zero-order valence-corrected chi connectivity index (χ0v) is 31.4. The minimum Gasteiger partial charge on any atom is -0.309 e. The highest BCUT2D eigenvalue weighted by Gasteiger charge is 2.23. The molecule has 0 radical (unpaired) electrons. The van der Waals surface area contributed by atoms with Gasteiger partial charge in [0.25, 0.3) is 0 Å². The Balaban J connectivity index is 1.29. The average molecular weight is 761 g/mol. The summed E-state index contributed by atoms with van der Waals surface area (Å²) in [5.74, 6) is -1.54. The van der Waals surface area contributed by atoms with E-state index in [-0.39, 0.29) is 23.3 Å². The molecule has 0 atom stereocenters. The third-order valence-corrected chi connectivity index (χ3v) is 11.8. The van der Waals surface area contributed by atoms with Crippen molar-refractivity contribution in [3.63, 3.8) is 0 Å². The lowest BCUT2D eigenvalue weighted by molar-refractivity contribution is 0.628. The molecule has 0 saturated carbocycles. The summed E-state index contributed by atoms with van der Waals surface area (Å²) in [5.41, 5.74) is 11.3. The van der Waals surface area contributed by atoms with Crippen molar-refractivity contribution < 1.29 is 17.6 Å². The van der Waals surface area contributed by atoms with Gasteiger partial charge in [0.2, 0.25) is 0 Å². The molecule has 11 rings (SSSR count). The molecule has 0 amide bonds. The van der Waals surface area contributed by atoms with E-state index in [1.165, 1.54) is 48.5 Å². The van der Waals surface area contributed by atoms with Crippen LogP contribution in [0, 0.1) is 37.1 Å². The van der Waals surface area contributed by atoms with Crippen molar-refractivity contribution in [3.8, 4) is 33.6 Å². The summed E-state index contributed by atoms with van der Waals surface area (Å²) in [6.45, 7) is 4.24. The fraction of sp³-hybridized carbons (Fsp3) is 0.0385. The van der Waals surface area contributed by atoms with Gasteiger partial charge in [-0.25, -0.2) is 17.6 Å². The Hall–Kier alpha value is -7.18. The molecule has 11 aromatic rings. The van der Waals surface area contributed by atoms with Crippen LogP contribution in [0.4, 0.5) is 17.6 Å². The molecule has 0 aliphatic rings. The standard InChI is InChI=1S/C52H32F4N2/c1-29-7-3-5-9-37(29)51-39-17-15-36(58-49-21-13-33(55)25-43(49)44-26-34(56)14-22-50(44)58)28-46(39)52(38-10-6-4-8-30(38)2)40-18-16-35(27-45(40)51)57-47-19-11-31(53)23-41(47)42-24-32(54)12-20-48(42)57/h3-28H,1-2H3. The number of aryl methyl sites for hydroxylation is 2. The first-order chi connectivity index (χ1) is 28.2. The fourth-order valence-corrected chi connectivity index (χ4v) is 9.26. The number of rotatable bonds is 4. The Kier molecular flexibility index (Phi) is 7.45. The minimum absolute atomic E-state index is 0.384. The third-order valence-electron chi connectivity index (χ3n) is 11.8. The summed E-state index contributed by atoms with van der Waals surface area (Å²) in [4.78, 5) is 0. The molecule has 0 saturated heterocycles. The molecule has 0 N–H and O–H groups in total. The van der Waals surface area contributed by atoms with Crippen LogP contribution in [0.2, 0.25) is 0 Å². The number of fused-ring (bicyclic) bond motifs is 8. The van der Waals surface area contributed by atoms with Crippen LogP contribution in [-0.4, -0.2) is 9.13 Å². The second kappa shape index (κ2) is 12.7. The van der Waals surface area contributed by atoms with Crippen molar-refractivity contribution in [2.24, 2.45) is 0 Å². The van der Waals surface area contributed by atoms with Crippen LogP contribution in [0.5, 0.6) is 0 Å². The highest BCUT2D eigenvalue weighted by molar-refractivity contribution is 6.23. The molecule has 278 valence electrons. The molecule has 0 spiro atoms. The first-order valence-electron chi connectivity index (χ1n) is 19.2. The first-order valence-corrected chi connectivity index (χ1v) is 19.2. The lowest BCUT2D eigenvalue weighted by Gasteiger charge is -2.22. The zero-order chi connectivity index (χ0) is 39.4. The molecule has 6 heteroatoms. The maximum Gasteiger partial charge on any atom is 0.123 e. The maximum atomic E-state index is 14.7. The van der Waals surface area contributed by atoms with Crippen molar-refractivity contribution in [2.75, 3.05) is 0 Å². The van der Waals surface area contributed by atoms with Crippen molar-refractivity contribution >= 4 is 65.2 Å². The highest BCUT2D eigenvalue weighted by atomic mass is 19.1. The molecule has 58 heavy (non-hydrogen) atoms. The van der Waals surface area contributed by atoms with E-state index in [4.69, 9.17) is 0 Å². The van der Waals surface area contributed by atoms with Gasteiger partial charge in [-0.3, -0.25) is 0 Å². The Labute approximate surface area is 330 Å². The summed E-state index contributed by atoms with van der Waals surface area (Å²) in [5, 5.41) is 6.65. The molecular formula is C52H32F4N2. The highest BCUT2D eigenvalue weighted by Crippen LogP contribution is 2.47. The van der Waals surface area contributed by atoms with E-state index in [9.17, 15) is 17.6 Å². The predicted molar refractivity (Wildman–Crippen MR) is 230 cm³/mol. The number of benzene rings is 9. The van der Waals surface area contributed by atoms with Crippen LogP contribution in [0.1, 0.15) is 11.1 Å². The summed E-state index contributed by atoms with van der Waals surface area (Å²) in [6, 6.07) is 48.3. The van der Waals surface area contributed by atoms with Gasteiger partial charge in [-0.1, -0.05) is 60.7 Å². The normalized spacial score (nSPS) is 12.0. The van der Waals surface area contributed by atoms with Crippen molar-refractivity contribution in [2.45, 2.75) is 13.8 Å².